The summed E-state index contributed by atoms with van der Waals surface area (Å²) in [5.41, 5.74) is 6.94. The minimum Gasteiger partial charge on any atom is -0.373 e. The molecule has 0 aliphatic heterocycles. The Morgan fingerprint density at radius 3 is 2.20 bits per heavy atom. The number of carbonyl (C=O) groups excluding carboxylic acids is 1. The van der Waals surface area contributed by atoms with Crippen molar-refractivity contribution in [3.05, 3.63) is 30.3 Å². The number of carbonyl (C=O) groups is 1. The third-order valence-corrected chi connectivity index (χ3v) is 3.54. The van der Waals surface area contributed by atoms with Crippen molar-refractivity contribution >= 4 is 11.6 Å². The third-order valence-electron chi connectivity index (χ3n) is 3.54. The van der Waals surface area contributed by atoms with E-state index in [2.05, 4.69) is 17.0 Å². The number of benzene rings is 1. The van der Waals surface area contributed by atoms with Crippen molar-refractivity contribution in [2.24, 2.45) is 11.1 Å². The molecule has 0 spiro atoms. The summed E-state index contributed by atoms with van der Waals surface area (Å²) in [7, 11) is 3.84. The average Bonchev–Trinajstić information content (AvgIpc) is 2.42. The smallest absolute Gasteiger partial charge is 0.239 e. The zero-order valence-corrected chi connectivity index (χ0v) is 13.3. The van der Waals surface area contributed by atoms with Crippen LogP contribution in [0.2, 0.25) is 0 Å². The summed E-state index contributed by atoms with van der Waals surface area (Å²) in [5, 5.41) is 0. The van der Waals surface area contributed by atoms with E-state index in [1.165, 1.54) is 0 Å². The molecule has 1 atom stereocenters. The van der Waals surface area contributed by atoms with Gasteiger partial charge in [-0.15, -0.1) is 0 Å². The molecule has 0 bridgehead atoms. The molecule has 0 aliphatic carbocycles. The highest BCUT2D eigenvalue weighted by atomic mass is 16.2. The monoisotopic (exact) mass is 277 g/mol. The number of para-hydroxylation sites is 1. The van der Waals surface area contributed by atoms with Gasteiger partial charge in [0.2, 0.25) is 5.91 Å². The van der Waals surface area contributed by atoms with Gasteiger partial charge in [0, 0.05) is 32.9 Å². The summed E-state index contributed by atoms with van der Waals surface area (Å²) in [5.74, 6) is -0.000961. The summed E-state index contributed by atoms with van der Waals surface area (Å²) < 4.78 is 0. The zero-order valence-electron chi connectivity index (χ0n) is 13.3. The summed E-state index contributed by atoms with van der Waals surface area (Å²) >= 11 is 0. The van der Waals surface area contributed by atoms with Gasteiger partial charge in [-0.2, -0.15) is 0 Å². The van der Waals surface area contributed by atoms with E-state index in [9.17, 15) is 4.79 Å². The van der Waals surface area contributed by atoms with E-state index in [4.69, 9.17) is 5.73 Å². The molecule has 0 fully saturated rings. The van der Waals surface area contributed by atoms with Gasteiger partial charge in [-0.05, 0) is 17.5 Å². The maximum absolute atomic E-state index is 12.2. The fourth-order valence-corrected chi connectivity index (χ4v) is 1.83. The van der Waals surface area contributed by atoms with Crippen molar-refractivity contribution in [1.29, 1.82) is 0 Å². The van der Waals surface area contributed by atoms with Gasteiger partial charge in [-0.1, -0.05) is 39.0 Å². The quantitative estimate of drug-likeness (QED) is 0.895. The Hall–Kier alpha value is -1.55. The first kappa shape index (κ1) is 16.5. The predicted octanol–water partition coefficient (Wildman–Crippen LogP) is 1.95. The first-order chi connectivity index (χ1) is 9.23. The lowest BCUT2D eigenvalue weighted by molar-refractivity contribution is -0.133. The summed E-state index contributed by atoms with van der Waals surface area (Å²) in [6, 6.07) is 9.67. The number of likely N-dealkylation sites (N-methyl/N-ethyl adjacent to an activating group) is 2. The minimum atomic E-state index is -0.463. The zero-order chi connectivity index (χ0) is 15.3. The van der Waals surface area contributed by atoms with Crippen molar-refractivity contribution in [2.75, 3.05) is 32.1 Å². The second kappa shape index (κ2) is 6.75. The molecule has 0 radical (unpaired) electrons. The summed E-state index contributed by atoms with van der Waals surface area (Å²) in [4.78, 5) is 16.1. The topological polar surface area (TPSA) is 49.6 Å². The van der Waals surface area contributed by atoms with Crippen LogP contribution in [0.3, 0.4) is 0 Å². The van der Waals surface area contributed by atoms with Crippen LogP contribution in [0, 0.1) is 5.41 Å². The van der Waals surface area contributed by atoms with Crippen molar-refractivity contribution in [3.8, 4) is 0 Å². The second-order valence-electron chi connectivity index (χ2n) is 6.36. The van der Waals surface area contributed by atoms with E-state index in [-0.39, 0.29) is 11.3 Å². The SMILES string of the molecule is CN(CCN(C)c1ccccc1)C(=O)[C@@H](N)C(C)(C)C. The van der Waals surface area contributed by atoms with Crippen LogP contribution in [0.15, 0.2) is 30.3 Å². The molecule has 20 heavy (non-hydrogen) atoms. The lowest BCUT2D eigenvalue weighted by Gasteiger charge is -2.31. The molecule has 0 saturated heterocycles. The summed E-state index contributed by atoms with van der Waals surface area (Å²) in [6.45, 7) is 7.40. The number of rotatable bonds is 5. The van der Waals surface area contributed by atoms with Crippen molar-refractivity contribution in [1.82, 2.24) is 4.90 Å². The highest BCUT2D eigenvalue weighted by Crippen LogP contribution is 2.18. The third kappa shape index (κ3) is 4.53. The Labute approximate surface area is 122 Å². The normalized spacial score (nSPS) is 12.9. The van der Waals surface area contributed by atoms with Gasteiger partial charge in [0.25, 0.3) is 0 Å². The number of hydrogen-bond donors (Lipinski definition) is 1. The van der Waals surface area contributed by atoms with Crippen LogP contribution in [-0.2, 0) is 4.79 Å². The Balaban J connectivity index is 2.51. The van der Waals surface area contributed by atoms with Crippen LogP contribution in [0.25, 0.3) is 0 Å². The van der Waals surface area contributed by atoms with Crippen LogP contribution in [0.4, 0.5) is 5.69 Å². The molecule has 4 heteroatoms. The fourth-order valence-electron chi connectivity index (χ4n) is 1.83. The van der Waals surface area contributed by atoms with Gasteiger partial charge in [0.1, 0.15) is 0 Å². The van der Waals surface area contributed by atoms with Gasteiger partial charge in [-0.25, -0.2) is 0 Å². The molecule has 112 valence electrons. The van der Waals surface area contributed by atoms with Gasteiger partial charge in [0.05, 0.1) is 6.04 Å². The number of nitrogens with zero attached hydrogens (tertiary/aromatic N) is 2. The van der Waals surface area contributed by atoms with Gasteiger partial charge >= 0.3 is 0 Å². The Morgan fingerprint density at radius 1 is 1.15 bits per heavy atom. The Morgan fingerprint density at radius 2 is 1.70 bits per heavy atom. The molecule has 2 N–H and O–H groups in total. The van der Waals surface area contributed by atoms with E-state index in [0.29, 0.717) is 6.54 Å². The van der Waals surface area contributed by atoms with E-state index in [0.717, 1.165) is 12.2 Å². The van der Waals surface area contributed by atoms with Crippen LogP contribution < -0.4 is 10.6 Å². The van der Waals surface area contributed by atoms with Crippen LogP contribution in [-0.4, -0.2) is 44.0 Å². The largest absolute Gasteiger partial charge is 0.373 e. The maximum atomic E-state index is 12.2. The van der Waals surface area contributed by atoms with Crippen LogP contribution >= 0.6 is 0 Å². The van der Waals surface area contributed by atoms with Crippen molar-refractivity contribution in [2.45, 2.75) is 26.8 Å². The minimum absolute atomic E-state index is 0.000961. The molecule has 1 aromatic rings. The molecule has 1 rings (SSSR count). The molecule has 1 amide bonds. The molecule has 4 nitrogen and oxygen atoms in total. The summed E-state index contributed by atoms with van der Waals surface area (Å²) in [6.07, 6.45) is 0. The maximum Gasteiger partial charge on any atom is 0.239 e. The first-order valence-electron chi connectivity index (χ1n) is 7.00. The van der Waals surface area contributed by atoms with Gasteiger partial charge < -0.3 is 15.5 Å². The first-order valence-corrected chi connectivity index (χ1v) is 7.00. The molecule has 0 aliphatic rings. The van der Waals surface area contributed by atoms with E-state index >= 15 is 0 Å². The number of nitrogens with two attached hydrogens (primary N) is 1. The van der Waals surface area contributed by atoms with E-state index in [1.807, 2.05) is 53.1 Å². The van der Waals surface area contributed by atoms with Gasteiger partial charge in [-0.3, -0.25) is 4.79 Å². The standard InChI is InChI=1S/C16H27N3O/c1-16(2,3)14(17)15(20)19(5)12-11-18(4)13-9-7-6-8-10-13/h6-10,14H,11-12,17H2,1-5H3/t14-/m1/s1. The average molecular weight is 277 g/mol. The highest BCUT2D eigenvalue weighted by molar-refractivity contribution is 5.82. The number of anilines is 1. The Bertz CT molecular complexity index is 425. The van der Waals surface area contributed by atoms with E-state index in [1.54, 1.807) is 4.90 Å². The molecular weight excluding hydrogens is 250 g/mol. The number of amides is 1. The van der Waals surface area contributed by atoms with Gasteiger partial charge in [0.15, 0.2) is 0 Å². The molecule has 0 aromatic heterocycles. The fraction of sp³-hybridized carbons (Fsp3) is 0.562. The predicted molar refractivity (Wildman–Crippen MR) is 84.8 cm³/mol. The molecule has 1 aromatic carbocycles. The Kier molecular flexibility index (Phi) is 5.57. The van der Waals surface area contributed by atoms with E-state index < -0.39 is 6.04 Å². The number of hydrogen-bond acceptors (Lipinski definition) is 3. The van der Waals surface area contributed by atoms with Crippen molar-refractivity contribution in [3.63, 3.8) is 0 Å². The van der Waals surface area contributed by atoms with Crippen LogP contribution in [0.5, 0.6) is 0 Å². The van der Waals surface area contributed by atoms with Crippen LogP contribution in [0.1, 0.15) is 20.8 Å². The second-order valence-corrected chi connectivity index (χ2v) is 6.36. The molecular formula is C16H27N3O. The molecule has 0 unspecified atom stereocenters. The van der Waals surface area contributed by atoms with Crippen molar-refractivity contribution < 1.29 is 4.79 Å². The molecule has 0 saturated carbocycles. The molecule has 0 heterocycles. The lowest BCUT2D eigenvalue weighted by Crippen LogP contribution is -2.50. The lowest BCUT2D eigenvalue weighted by atomic mass is 9.86. The highest BCUT2D eigenvalue weighted by Gasteiger charge is 2.29.